The first kappa shape index (κ1) is 4.70. The standard InChI is InChI=1S/CH4NO2P/c3-1-2-5-4/h1H,5H2,(H,2,3,4). The molecule has 0 rings (SSSR count). The van der Waals surface area contributed by atoms with Crippen molar-refractivity contribution in [3.05, 3.63) is 0 Å². The Morgan fingerprint density at radius 1 is 1.80 bits per heavy atom. The van der Waals surface area contributed by atoms with Crippen LogP contribution in [-0.2, 0) is 9.36 Å². The number of hydrogen-bond acceptors (Lipinski definition) is 2. The van der Waals surface area contributed by atoms with Gasteiger partial charge in [0, 0.05) is 0 Å². The molecule has 0 aliphatic carbocycles. The predicted molar refractivity (Wildman–Crippen MR) is 19.6 cm³/mol. The number of hydrogen-bond donors (Lipinski definition) is 1. The average molecular weight is 93.0 g/mol. The lowest BCUT2D eigenvalue weighted by Gasteiger charge is -1.66. The van der Waals surface area contributed by atoms with E-state index in [2.05, 4.69) is 0 Å². The Morgan fingerprint density at radius 2 is 2.40 bits per heavy atom. The first-order chi connectivity index (χ1) is 2.41. The summed E-state index contributed by atoms with van der Waals surface area (Å²) in [5.74, 6) is 0. The maximum Gasteiger partial charge on any atom is 0.212 e. The van der Waals surface area contributed by atoms with Crippen molar-refractivity contribution in [3.8, 4) is 0 Å². The van der Waals surface area contributed by atoms with Gasteiger partial charge in [0.1, 0.15) is 8.61 Å². The van der Waals surface area contributed by atoms with Gasteiger partial charge in [0.25, 0.3) is 0 Å². The summed E-state index contributed by atoms with van der Waals surface area (Å²) >= 11 is 0. The molecule has 0 aliphatic heterocycles. The van der Waals surface area contributed by atoms with E-state index in [1.165, 1.54) is 0 Å². The van der Waals surface area contributed by atoms with Gasteiger partial charge < -0.3 is 9.65 Å². The Bertz CT molecular complexity index is 38.9. The Labute approximate surface area is 30.6 Å². The fraction of sp³-hybridized carbons (Fsp3) is 0. The SMILES string of the molecule is O=CN[PH2]=O. The van der Waals surface area contributed by atoms with Crippen molar-refractivity contribution < 1.29 is 9.36 Å². The van der Waals surface area contributed by atoms with Crippen molar-refractivity contribution in [2.24, 2.45) is 0 Å². The van der Waals surface area contributed by atoms with Gasteiger partial charge in [-0.15, -0.1) is 0 Å². The summed E-state index contributed by atoms with van der Waals surface area (Å²) in [5.41, 5.74) is 0. The van der Waals surface area contributed by atoms with Crippen LogP contribution < -0.4 is 5.09 Å². The van der Waals surface area contributed by atoms with Gasteiger partial charge in [-0.05, 0) is 0 Å². The number of nitrogens with one attached hydrogen (secondary N) is 1. The highest BCUT2D eigenvalue weighted by Crippen LogP contribution is 1.69. The van der Waals surface area contributed by atoms with Gasteiger partial charge in [-0.1, -0.05) is 0 Å². The lowest BCUT2D eigenvalue weighted by atomic mass is 11.5. The predicted octanol–water partition coefficient (Wildman–Crippen LogP) is -0.596. The molecule has 0 aromatic rings. The zero-order chi connectivity index (χ0) is 4.12. The molecule has 4 heteroatoms. The van der Waals surface area contributed by atoms with Gasteiger partial charge in [-0.3, -0.25) is 4.79 Å². The molecule has 0 aromatic carbocycles. The monoisotopic (exact) mass is 93.0 g/mol. The van der Waals surface area contributed by atoms with Gasteiger partial charge in [0.2, 0.25) is 6.41 Å². The second-order valence-electron chi connectivity index (χ2n) is 0.402. The second-order valence-corrected chi connectivity index (χ2v) is 0.971. The number of amides is 1. The van der Waals surface area contributed by atoms with Crippen molar-refractivity contribution in [3.63, 3.8) is 0 Å². The Kier molecular flexibility index (Phi) is 3.48. The maximum absolute atomic E-state index is 9.27. The summed E-state index contributed by atoms with van der Waals surface area (Å²) in [6, 6.07) is 0. The molecular weight excluding hydrogens is 89.0 g/mol. The fourth-order valence-corrected chi connectivity index (χ4v) is 0.0833. The molecule has 1 N–H and O–H groups in total. The zero-order valence-corrected chi connectivity index (χ0v) is 3.63. The molecule has 0 bridgehead atoms. The summed E-state index contributed by atoms with van der Waals surface area (Å²) < 4.78 is 9.27. The lowest BCUT2D eigenvalue weighted by molar-refractivity contribution is -0.108. The van der Waals surface area contributed by atoms with Crippen LogP contribution in [0.1, 0.15) is 0 Å². The fourth-order valence-electron chi connectivity index (χ4n) is 0.0278. The van der Waals surface area contributed by atoms with Crippen LogP contribution in [0.4, 0.5) is 0 Å². The summed E-state index contributed by atoms with van der Waals surface area (Å²) in [6.07, 6.45) is 0.405. The normalized spacial score (nSPS) is 8.80. The summed E-state index contributed by atoms with van der Waals surface area (Å²) in [7, 11) is -1.08. The van der Waals surface area contributed by atoms with E-state index in [1.54, 1.807) is 0 Å². The second kappa shape index (κ2) is 3.70. The van der Waals surface area contributed by atoms with Crippen molar-refractivity contribution in [2.75, 3.05) is 0 Å². The quantitative estimate of drug-likeness (QED) is 0.366. The molecular formula is CH4NO2P. The largest absolute Gasteiger partial charge is 0.314 e. The van der Waals surface area contributed by atoms with Crippen LogP contribution in [0.5, 0.6) is 0 Å². The number of carbonyl (C=O) groups excluding carboxylic acids is 1. The molecule has 1 atom stereocenters. The Morgan fingerprint density at radius 3 is 2.40 bits per heavy atom. The molecule has 0 heterocycles. The van der Waals surface area contributed by atoms with Crippen molar-refractivity contribution in [2.45, 2.75) is 0 Å². The van der Waals surface area contributed by atoms with Crippen LogP contribution >= 0.6 is 8.61 Å². The number of carbonyl (C=O) groups is 1. The summed E-state index contributed by atoms with van der Waals surface area (Å²) in [6.45, 7) is 0. The smallest absolute Gasteiger partial charge is 0.212 e. The van der Waals surface area contributed by atoms with Crippen molar-refractivity contribution in [1.29, 1.82) is 0 Å². The lowest BCUT2D eigenvalue weighted by Crippen LogP contribution is -1.88. The third-order valence-corrected chi connectivity index (χ3v) is 0.408. The average Bonchev–Trinajstić information content (AvgIpc) is 1.41. The van der Waals surface area contributed by atoms with Crippen molar-refractivity contribution in [1.82, 2.24) is 5.09 Å². The molecule has 5 heavy (non-hydrogen) atoms. The molecule has 0 fully saturated rings. The molecule has 0 aliphatic rings. The molecule has 0 aromatic heterocycles. The summed E-state index contributed by atoms with van der Waals surface area (Å²) in [5, 5.41) is 1.96. The van der Waals surface area contributed by atoms with E-state index in [9.17, 15) is 4.57 Å². The van der Waals surface area contributed by atoms with Crippen LogP contribution in [0.3, 0.4) is 0 Å². The first-order valence-electron chi connectivity index (χ1n) is 1.05. The van der Waals surface area contributed by atoms with E-state index in [0.717, 1.165) is 0 Å². The molecule has 0 radical (unpaired) electrons. The Balaban J connectivity index is 2.65. The molecule has 0 saturated heterocycles. The van der Waals surface area contributed by atoms with Crippen LogP contribution in [0.25, 0.3) is 0 Å². The Hall–Kier alpha value is -0.300. The van der Waals surface area contributed by atoms with Crippen LogP contribution in [0.15, 0.2) is 0 Å². The van der Waals surface area contributed by atoms with E-state index in [4.69, 9.17) is 4.79 Å². The summed E-state index contributed by atoms with van der Waals surface area (Å²) in [4.78, 5) is 9.11. The van der Waals surface area contributed by atoms with Crippen LogP contribution in [-0.4, -0.2) is 6.41 Å². The van der Waals surface area contributed by atoms with Crippen molar-refractivity contribution >= 4 is 15.0 Å². The van der Waals surface area contributed by atoms with E-state index >= 15 is 0 Å². The van der Waals surface area contributed by atoms with Crippen LogP contribution in [0.2, 0.25) is 0 Å². The van der Waals surface area contributed by atoms with Gasteiger partial charge >= 0.3 is 0 Å². The van der Waals surface area contributed by atoms with E-state index < -0.39 is 8.61 Å². The van der Waals surface area contributed by atoms with E-state index in [1.807, 2.05) is 5.09 Å². The highest BCUT2D eigenvalue weighted by Gasteiger charge is 1.54. The molecule has 30 valence electrons. The molecule has 3 nitrogen and oxygen atoms in total. The topological polar surface area (TPSA) is 46.2 Å². The zero-order valence-electron chi connectivity index (χ0n) is 2.47. The third kappa shape index (κ3) is 3.70. The van der Waals surface area contributed by atoms with Gasteiger partial charge in [-0.25, -0.2) is 0 Å². The first-order valence-corrected chi connectivity index (χ1v) is 2.10. The molecule has 1 amide bonds. The third-order valence-electron chi connectivity index (χ3n) is 0.136. The highest BCUT2D eigenvalue weighted by molar-refractivity contribution is 7.22. The number of rotatable bonds is 2. The molecule has 0 saturated carbocycles. The minimum Gasteiger partial charge on any atom is -0.314 e. The maximum atomic E-state index is 9.27. The van der Waals surface area contributed by atoms with E-state index in [0.29, 0.717) is 6.41 Å². The van der Waals surface area contributed by atoms with Gasteiger partial charge in [0.05, 0.1) is 0 Å². The molecule has 1 unspecified atom stereocenters. The van der Waals surface area contributed by atoms with Crippen LogP contribution in [0, 0.1) is 0 Å². The van der Waals surface area contributed by atoms with Gasteiger partial charge in [-0.2, -0.15) is 0 Å². The minimum atomic E-state index is -1.08. The highest BCUT2D eigenvalue weighted by atomic mass is 31.1. The van der Waals surface area contributed by atoms with Gasteiger partial charge in [0.15, 0.2) is 0 Å². The van der Waals surface area contributed by atoms with E-state index in [-0.39, 0.29) is 0 Å². The minimum absolute atomic E-state index is 0.405. The molecule has 0 spiro atoms.